The zero-order chi connectivity index (χ0) is 13.7. The Morgan fingerprint density at radius 2 is 2.26 bits per heavy atom. The zero-order valence-corrected chi connectivity index (χ0v) is 12.6. The summed E-state index contributed by atoms with van der Waals surface area (Å²) < 4.78 is 6.15. The van der Waals surface area contributed by atoms with Gasteiger partial charge in [-0.05, 0) is 41.0 Å². The fourth-order valence-corrected chi connectivity index (χ4v) is 2.28. The van der Waals surface area contributed by atoms with Crippen molar-refractivity contribution in [1.29, 1.82) is 0 Å². The highest BCUT2D eigenvalue weighted by Crippen LogP contribution is 2.23. The van der Waals surface area contributed by atoms with Gasteiger partial charge < -0.3 is 9.84 Å². The Balaban J connectivity index is 2.13. The van der Waals surface area contributed by atoms with Gasteiger partial charge in [0.05, 0.1) is 0 Å². The predicted octanol–water partition coefficient (Wildman–Crippen LogP) is 2.82. The normalized spacial score (nSPS) is 12.6. The van der Waals surface area contributed by atoms with Gasteiger partial charge in [0, 0.05) is 23.1 Å². The first-order valence-corrected chi connectivity index (χ1v) is 7.20. The molecule has 2 aromatic rings. The van der Waals surface area contributed by atoms with E-state index in [1.807, 2.05) is 12.1 Å². The smallest absolute Gasteiger partial charge is 0.228 e. The van der Waals surface area contributed by atoms with Crippen molar-refractivity contribution in [3.05, 3.63) is 28.7 Å². The van der Waals surface area contributed by atoms with Gasteiger partial charge in [0.15, 0.2) is 0 Å². The van der Waals surface area contributed by atoms with Crippen molar-refractivity contribution in [2.24, 2.45) is 0 Å². The van der Waals surface area contributed by atoms with Crippen LogP contribution in [0.1, 0.15) is 26.2 Å². The highest BCUT2D eigenvalue weighted by molar-refractivity contribution is 9.10. The maximum absolute atomic E-state index is 5.29. The van der Waals surface area contributed by atoms with Crippen molar-refractivity contribution >= 4 is 15.9 Å². The van der Waals surface area contributed by atoms with Crippen molar-refractivity contribution in [2.75, 3.05) is 6.54 Å². The van der Waals surface area contributed by atoms with E-state index >= 15 is 0 Å². The van der Waals surface area contributed by atoms with Crippen LogP contribution < -0.4 is 5.32 Å². The topological polar surface area (TPSA) is 63.8 Å². The van der Waals surface area contributed by atoms with E-state index in [1.54, 1.807) is 6.20 Å². The van der Waals surface area contributed by atoms with Crippen LogP contribution in [-0.4, -0.2) is 27.7 Å². The molecule has 0 aliphatic rings. The molecular formula is C13H17BrN4O. The van der Waals surface area contributed by atoms with Gasteiger partial charge in [0.25, 0.3) is 0 Å². The van der Waals surface area contributed by atoms with E-state index in [1.165, 1.54) is 0 Å². The number of hydrogen-bond donors (Lipinski definition) is 1. The third kappa shape index (κ3) is 3.61. The average Bonchev–Trinajstić information content (AvgIpc) is 2.87. The molecule has 0 bridgehead atoms. The second kappa shape index (κ2) is 6.77. The molecule has 0 amide bonds. The first-order chi connectivity index (χ1) is 9.24. The summed E-state index contributed by atoms with van der Waals surface area (Å²) >= 11 is 3.44. The fourth-order valence-electron chi connectivity index (χ4n) is 1.84. The zero-order valence-electron chi connectivity index (χ0n) is 11.1. The van der Waals surface area contributed by atoms with E-state index in [9.17, 15) is 0 Å². The predicted molar refractivity (Wildman–Crippen MR) is 76.7 cm³/mol. The van der Waals surface area contributed by atoms with Crippen LogP contribution in [0.5, 0.6) is 0 Å². The van der Waals surface area contributed by atoms with Crippen LogP contribution in [-0.2, 0) is 6.42 Å². The van der Waals surface area contributed by atoms with E-state index in [4.69, 9.17) is 4.52 Å². The number of hydrogen-bond acceptors (Lipinski definition) is 5. The Morgan fingerprint density at radius 1 is 1.42 bits per heavy atom. The molecule has 1 N–H and O–H groups in total. The molecule has 2 aromatic heterocycles. The average molecular weight is 325 g/mol. The van der Waals surface area contributed by atoms with Gasteiger partial charge in [-0.3, -0.25) is 4.98 Å². The molecule has 0 fully saturated rings. The first-order valence-electron chi connectivity index (χ1n) is 6.41. The van der Waals surface area contributed by atoms with Crippen LogP contribution in [0.3, 0.4) is 0 Å². The molecule has 0 radical (unpaired) electrons. The number of halogens is 1. The number of pyridine rings is 1. The summed E-state index contributed by atoms with van der Waals surface area (Å²) in [6.45, 7) is 5.16. The maximum atomic E-state index is 5.29. The maximum Gasteiger partial charge on any atom is 0.228 e. The van der Waals surface area contributed by atoms with Crippen LogP contribution in [0, 0.1) is 0 Å². The molecule has 0 aromatic carbocycles. The van der Waals surface area contributed by atoms with Gasteiger partial charge in [-0.25, -0.2) is 0 Å². The molecule has 6 heteroatoms. The highest BCUT2D eigenvalue weighted by atomic mass is 79.9. The molecule has 1 unspecified atom stereocenters. The second-order valence-corrected chi connectivity index (χ2v) is 5.07. The van der Waals surface area contributed by atoms with Gasteiger partial charge in [0.2, 0.25) is 11.7 Å². The number of aromatic nitrogens is 3. The van der Waals surface area contributed by atoms with E-state index < -0.39 is 0 Å². The molecule has 102 valence electrons. The first kappa shape index (κ1) is 14.1. The van der Waals surface area contributed by atoms with Crippen LogP contribution >= 0.6 is 15.9 Å². The molecule has 5 nitrogen and oxygen atoms in total. The van der Waals surface area contributed by atoms with Crippen molar-refractivity contribution in [2.45, 2.75) is 32.7 Å². The Labute approximate surface area is 121 Å². The minimum atomic E-state index is 0.366. The van der Waals surface area contributed by atoms with Gasteiger partial charge in [-0.1, -0.05) is 19.0 Å². The lowest BCUT2D eigenvalue weighted by molar-refractivity contribution is 0.355. The molecule has 0 saturated carbocycles. The molecular weight excluding hydrogens is 308 g/mol. The lowest BCUT2D eigenvalue weighted by atomic mass is 10.1. The lowest BCUT2D eigenvalue weighted by Gasteiger charge is -2.12. The molecule has 2 rings (SSSR count). The highest BCUT2D eigenvalue weighted by Gasteiger charge is 2.15. The molecule has 0 spiro atoms. The fraction of sp³-hybridized carbons (Fsp3) is 0.462. The molecule has 1 atom stereocenters. The quantitative estimate of drug-likeness (QED) is 0.885. The van der Waals surface area contributed by atoms with E-state index in [0.717, 1.165) is 23.9 Å². The van der Waals surface area contributed by atoms with E-state index in [2.05, 4.69) is 50.2 Å². The summed E-state index contributed by atoms with van der Waals surface area (Å²) in [7, 11) is 0. The summed E-state index contributed by atoms with van der Waals surface area (Å²) in [6.07, 6.45) is 3.48. The summed E-state index contributed by atoms with van der Waals surface area (Å²) in [5.41, 5.74) is 0.703. The Morgan fingerprint density at radius 3 is 2.95 bits per heavy atom. The van der Waals surface area contributed by atoms with E-state index in [-0.39, 0.29) is 0 Å². The van der Waals surface area contributed by atoms with E-state index in [0.29, 0.717) is 23.5 Å². The van der Waals surface area contributed by atoms with Crippen LogP contribution in [0.2, 0.25) is 0 Å². The third-order valence-corrected chi connectivity index (χ3v) is 3.48. The summed E-state index contributed by atoms with van der Waals surface area (Å²) in [5, 5.41) is 7.38. The molecule has 0 aliphatic carbocycles. The minimum absolute atomic E-state index is 0.366. The van der Waals surface area contributed by atoms with Crippen LogP contribution in [0.25, 0.3) is 11.5 Å². The van der Waals surface area contributed by atoms with Gasteiger partial charge in [0.1, 0.15) is 5.69 Å². The number of likely N-dealkylation sites (N-methyl/N-ethyl adjacent to an activating group) is 1. The van der Waals surface area contributed by atoms with Gasteiger partial charge in [-0.15, -0.1) is 0 Å². The van der Waals surface area contributed by atoms with Crippen molar-refractivity contribution in [3.8, 4) is 11.5 Å². The molecule has 19 heavy (non-hydrogen) atoms. The molecule has 2 heterocycles. The number of nitrogens with one attached hydrogen (secondary N) is 1. The van der Waals surface area contributed by atoms with Gasteiger partial charge >= 0.3 is 0 Å². The Kier molecular flexibility index (Phi) is 5.04. The standard InChI is InChI=1S/C13H17BrN4O/c1-3-9(15-4-2)8-11-17-13(18-19-11)12-10(14)6-5-7-16-12/h5-7,9,15H,3-4,8H2,1-2H3. The van der Waals surface area contributed by atoms with Crippen molar-refractivity contribution < 1.29 is 4.52 Å². The molecule has 0 saturated heterocycles. The summed E-state index contributed by atoms with van der Waals surface area (Å²) in [6, 6.07) is 4.13. The summed E-state index contributed by atoms with van der Waals surface area (Å²) in [5.74, 6) is 1.16. The monoisotopic (exact) mass is 324 g/mol. The Hall–Kier alpha value is -1.27. The number of nitrogens with zero attached hydrogens (tertiary/aromatic N) is 3. The van der Waals surface area contributed by atoms with Crippen molar-refractivity contribution in [1.82, 2.24) is 20.4 Å². The summed E-state index contributed by atoms with van der Waals surface area (Å²) in [4.78, 5) is 8.65. The van der Waals surface area contributed by atoms with Crippen LogP contribution in [0.4, 0.5) is 0 Å². The molecule has 0 aliphatic heterocycles. The third-order valence-electron chi connectivity index (χ3n) is 2.84. The Bertz CT molecular complexity index is 529. The second-order valence-electron chi connectivity index (χ2n) is 4.21. The van der Waals surface area contributed by atoms with Crippen molar-refractivity contribution in [3.63, 3.8) is 0 Å². The minimum Gasteiger partial charge on any atom is -0.339 e. The number of rotatable bonds is 6. The lowest BCUT2D eigenvalue weighted by Crippen LogP contribution is -2.30. The van der Waals surface area contributed by atoms with Gasteiger partial charge in [-0.2, -0.15) is 4.98 Å². The SMILES string of the molecule is CCNC(CC)Cc1nc(-c2ncccc2Br)no1. The largest absolute Gasteiger partial charge is 0.339 e. The van der Waals surface area contributed by atoms with Crippen LogP contribution in [0.15, 0.2) is 27.3 Å².